The summed E-state index contributed by atoms with van der Waals surface area (Å²) >= 11 is 0. The Labute approximate surface area is 71.2 Å². The minimum Gasteiger partial charge on any atom is -0.390 e. The Morgan fingerprint density at radius 3 is 2.83 bits per heavy atom. The van der Waals surface area contributed by atoms with Gasteiger partial charge < -0.3 is 15.0 Å². The second kappa shape index (κ2) is 3.15. The predicted molar refractivity (Wildman–Crippen MR) is 46.0 cm³/mol. The minimum atomic E-state index is 0.0425. The number of hydrogen-bond donors (Lipinski definition) is 2. The molecule has 1 aromatic heterocycles. The van der Waals surface area contributed by atoms with Crippen molar-refractivity contribution in [1.82, 2.24) is 9.97 Å². The van der Waals surface area contributed by atoms with E-state index in [1.807, 2.05) is 0 Å². The summed E-state index contributed by atoms with van der Waals surface area (Å²) in [5.74, 6) is 0.900. The van der Waals surface area contributed by atoms with Gasteiger partial charge in [0.15, 0.2) is 0 Å². The molecule has 0 amide bonds. The van der Waals surface area contributed by atoms with Crippen molar-refractivity contribution in [3.05, 3.63) is 11.9 Å². The first-order valence-corrected chi connectivity index (χ1v) is 4.30. The van der Waals surface area contributed by atoms with Crippen LogP contribution < -0.4 is 4.90 Å². The molecule has 4 nitrogen and oxygen atoms in total. The third-order valence-electron chi connectivity index (χ3n) is 2.19. The maximum Gasteiger partial charge on any atom is 0.203 e. The van der Waals surface area contributed by atoms with E-state index in [-0.39, 0.29) is 6.61 Å². The van der Waals surface area contributed by atoms with Crippen LogP contribution in [0.5, 0.6) is 0 Å². The first kappa shape index (κ1) is 7.61. The van der Waals surface area contributed by atoms with Crippen LogP contribution in [0.25, 0.3) is 0 Å². The fraction of sp³-hybridized carbons (Fsp3) is 0.625. The molecule has 0 bridgehead atoms. The molecular weight excluding hydrogens is 154 g/mol. The molecule has 0 aromatic carbocycles. The lowest BCUT2D eigenvalue weighted by Crippen LogP contribution is -2.18. The molecule has 1 aliphatic heterocycles. The van der Waals surface area contributed by atoms with Gasteiger partial charge >= 0.3 is 0 Å². The molecular formula is C8H13N3O. The maximum atomic E-state index is 8.80. The number of nitrogens with zero attached hydrogens (tertiary/aromatic N) is 2. The van der Waals surface area contributed by atoms with E-state index < -0.39 is 0 Å². The van der Waals surface area contributed by atoms with Gasteiger partial charge in [0.25, 0.3) is 0 Å². The molecule has 12 heavy (non-hydrogen) atoms. The maximum absolute atomic E-state index is 8.80. The second-order valence-electron chi connectivity index (χ2n) is 3.08. The van der Waals surface area contributed by atoms with Crippen molar-refractivity contribution >= 4 is 5.95 Å². The van der Waals surface area contributed by atoms with Crippen molar-refractivity contribution in [2.45, 2.75) is 19.4 Å². The number of aliphatic hydroxyl groups excluding tert-OH is 1. The zero-order valence-corrected chi connectivity index (χ0v) is 6.95. The third-order valence-corrected chi connectivity index (χ3v) is 2.19. The molecule has 1 fully saturated rings. The molecule has 4 heteroatoms. The van der Waals surface area contributed by atoms with Crippen LogP contribution >= 0.6 is 0 Å². The highest BCUT2D eigenvalue weighted by atomic mass is 16.3. The fourth-order valence-electron chi connectivity index (χ4n) is 1.52. The summed E-state index contributed by atoms with van der Waals surface area (Å²) < 4.78 is 0. The van der Waals surface area contributed by atoms with Crippen molar-refractivity contribution in [2.24, 2.45) is 0 Å². The number of imidazole rings is 1. The summed E-state index contributed by atoms with van der Waals surface area (Å²) in [5.41, 5.74) is 0.789. The Balaban J connectivity index is 2.11. The van der Waals surface area contributed by atoms with Gasteiger partial charge in [-0.25, -0.2) is 4.98 Å². The lowest BCUT2D eigenvalue weighted by molar-refractivity contribution is 0.277. The molecule has 2 heterocycles. The van der Waals surface area contributed by atoms with Gasteiger partial charge in [-0.2, -0.15) is 0 Å². The molecule has 0 saturated carbocycles. The highest BCUT2D eigenvalue weighted by molar-refractivity contribution is 5.32. The van der Waals surface area contributed by atoms with E-state index in [9.17, 15) is 0 Å². The summed E-state index contributed by atoms with van der Waals surface area (Å²) in [6.07, 6.45) is 4.18. The average molecular weight is 167 g/mol. The number of hydrogen-bond acceptors (Lipinski definition) is 3. The predicted octanol–water partition coefficient (Wildman–Crippen LogP) is 0.502. The number of anilines is 1. The van der Waals surface area contributed by atoms with E-state index in [0.29, 0.717) is 0 Å². The van der Waals surface area contributed by atoms with Gasteiger partial charge in [-0.05, 0) is 12.8 Å². The van der Waals surface area contributed by atoms with E-state index in [2.05, 4.69) is 14.9 Å². The Morgan fingerprint density at radius 2 is 2.25 bits per heavy atom. The number of rotatable bonds is 2. The molecule has 1 aliphatic rings. The van der Waals surface area contributed by atoms with E-state index in [4.69, 9.17) is 5.11 Å². The van der Waals surface area contributed by atoms with Crippen LogP contribution in [0.15, 0.2) is 6.20 Å². The first-order valence-electron chi connectivity index (χ1n) is 4.30. The minimum absolute atomic E-state index is 0.0425. The lowest BCUT2D eigenvalue weighted by atomic mass is 10.4. The molecule has 2 rings (SSSR count). The Hall–Kier alpha value is -1.03. The van der Waals surface area contributed by atoms with E-state index >= 15 is 0 Å². The molecule has 0 unspecified atom stereocenters. The van der Waals surface area contributed by atoms with Crippen molar-refractivity contribution in [1.29, 1.82) is 0 Å². The van der Waals surface area contributed by atoms with E-state index in [1.165, 1.54) is 12.8 Å². The molecule has 2 N–H and O–H groups in total. The number of aliphatic hydroxyl groups is 1. The van der Waals surface area contributed by atoms with Crippen molar-refractivity contribution in [2.75, 3.05) is 18.0 Å². The Morgan fingerprint density at radius 1 is 1.50 bits per heavy atom. The Kier molecular flexibility index (Phi) is 1.99. The topological polar surface area (TPSA) is 52.2 Å². The summed E-state index contributed by atoms with van der Waals surface area (Å²) in [6.45, 7) is 2.21. The average Bonchev–Trinajstić information content (AvgIpc) is 2.75. The second-order valence-corrected chi connectivity index (χ2v) is 3.08. The van der Waals surface area contributed by atoms with Gasteiger partial charge in [0, 0.05) is 13.1 Å². The van der Waals surface area contributed by atoms with Crippen LogP contribution in [0.3, 0.4) is 0 Å². The van der Waals surface area contributed by atoms with Crippen molar-refractivity contribution in [3.8, 4) is 0 Å². The van der Waals surface area contributed by atoms with Crippen molar-refractivity contribution < 1.29 is 5.11 Å². The molecule has 0 atom stereocenters. The highest BCUT2D eigenvalue weighted by Crippen LogP contribution is 2.15. The summed E-state index contributed by atoms with van der Waals surface area (Å²) in [5, 5.41) is 8.80. The van der Waals surface area contributed by atoms with Gasteiger partial charge in [0.05, 0.1) is 18.5 Å². The largest absolute Gasteiger partial charge is 0.390 e. The lowest BCUT2D eigenvalue weighted by Gasteiger charge is -2.12. The monoisotopic (exact) mass is 167 g/mol. The summed E-state index contributed by atoms with van der Waals surface area (Å²) in [4.78, 5) is 9.46. The van der Waals surface area contributed by atoms with Crippen LogP contribution in [0.4, 0.5) is 5.95 Å². The van der Waals surface area contributed by atoms with E-state index in [0.717, 1.165) is 24.7 Å². The van der Waals surface area contributed by atoms with Gasteiger partial charge in [0.1, 0.15) is 0 Å². The number of H-pyrrole nitrogens is 1. The first-order chi connectivity index (χ1) is 5.90. The van der Waals surface area contributed by atoms with Gasteiger partial charge in [0.2, 0.25) is 5.95 Å². The van der Waals surface area contributed by atoms with Crippen LogP contribution in [0.2, 0.25) is 0 Å². The van der Waals surface area contributed by atoms with Gasteiger partial charge in [-0.3, -0.25) is 0 Å². The van der Waals surface area contributed by atoms with Gasteiger partial charge in [-0.1, -0.05) is 0 Å². The molecule has 1 aromatic rings. The summed E-state index contributed by atoms with van der Waals surface area (Å²) in [6, 6.07) is 0. The molecule has 0 radical (unpaired) electrons. The van der Waals surface area contributed by atoms with Gasteiger partial charge in [-0.15, -0.1) is 0 Å². The van der Waals surface area contributed by atoms with E-state index in [1.54, 1.807) is 6.20 Å². The zero-order chi connectivity index (χ0) is 8.39. The molecule has 1 saturated heterocycles. The highest BCUT2D eigenvalue weighted by Gasteiger charge is 2.14. The van der Waals surface area contributed by atoms with Crippen LogP contribution in [-0.4, -0.2) is 28.2 Å². The Bertz CT molecular complexity index is 253. The standard InChI is InChI=1S/C8H13N3O/c12-6-7-5-9-8(10-7)11-3-1-2-4-11/h5,12H,1-4,6H2,(H,9,10). The van der Waals surface area contributed by atoms with Crippen molar-refractivity contribution in [3.63, 3.8) is 0 Å². The normalized spacial score (nSPS) is 17.2. The molecule has 0 spiro atoms. The summed E-state index contributed by atoms with van der Waals surface area (Å²) in [7, 11) is 0. The zero-order valence-electron chi connectivity index (χ0n) is 6.95. The quantitative estimate of drug-likeness (QED) is 0.674. The number of nitrogens with one attached hydrogen (secondary N) is 1. The third kappa shape index (κ3) is 1.30. The SMILES string of the molecule is OCc1cnc(N2CCCC2)[nH]1. The number of aromatic nitrogens is 2. The smallest absolute Gasteiger partial charge is 0.203 e. The molecule has 0 aliphatic carbocycles. The van der Waals surface area contributed by atoms with Crippen LogP contribution in [-0.2, 0) is 6.61 Å². The fourth-order valence-corrected chi connectivity index (χ4v) is 1.52. The molecule has 66 valence electrons. The number of aromatic amines is 1. The van der Waals surface area contributed by atoms with Crippen LogP contribution in [0, 0.1) is 0 Å². The van der Waals surface area contributed by atoms with Crippen LogP contribution in [0.1, 0.15) is 18.5 Å².